The fourth-order valence-electron chi connectivity index (χ4n) is 3.06. The minimum absolute atomic E-state index is 0.0370. The van der Waals surface area contributed by atoms with Gasteiger partial charge in [0.15, 0.2) is 0 Å². The molecule has 0 spiro atoms. The highest BCUT2D eigenvalue weighted by atomic mass is 16.5. The van der Waals surface area contributed by atoms with Crippen LogP contribution in [0.25, 0.3) is 10.8 Å². The molecule has 3 aromatic carbocycles. The minimum Gasteiger partial charge on any atom is -0.494 e. The quantitative estimate of drug-likeness (QED) is 0.571. The van der Waals surface area contributed by atoms with E-state index in [0.29, 0.717) is 18.7 Å². The number of fused-ring (bicyclic) bond motifs is 1. The lowest BCUT2D eigenvalue weighted by atomic mass is 10.1. The fourth-order valence-corrected chi connectivity index (χ4v) is 3.06. The first-order valence-electron chi connectivity index (χ1n) is 9.75. The zero-order chi connectivity index (χ0) is 19.8. The van der Waals surface area contributed by atoms with Crippen LogP contribution in [-0.4, -0.2) is 44.6 Å². The molecule has 0 aliphatic heterocycles. The van der Waals surface area contributed by atoms with Crippen LogP contribution in [0.5, 0.6) is 5.75 Å². The number of likely N-dealkylation sites (N-methyl/N-ethyl adjacent to an activating group) is 1. The zero-order valence-electron chi connectivity index (χ0n) is 16.7. The van der Waals surface area contributed by atoms with Crippen LogP contribution in [0.15, 0.2) is 66.7 Å². The van der Waals surface area contributed by atoms with Crippen LogP contribution in [0.1, 0.15) is 22.3 Å². The van der Waals surface area contributed by atoms with Crippen molar-refractivity contribution in [3.8, 4) is 5.75 Å². The standard InChI is InChI=1S/C24H28N2O2/c1-26(2)15-14-25-24(27)22-11-10-21-18-23(13-12-20(21)17-22)28-16-6-9-19-7-4-3-5-8-19/h3-5,7-8,10-13,17-18H,6,9,14-16H2,1-2H3,(H,25,27). The van der Waals surface area contributed by atoms with Crippen LogP contribution >= 0.6 is 0 Å². The predicted octanol–water partition coefficient (Wildman–Crippen LogP) is 4.14. The van der Waals surface area contributed by atoms with Crippen molar-refractivity contribution in [1.29, 1.82) is 0 Å². The Kier molecular flexibility index (Phi) is 7.04. The highest BCUT2D eigenvalue weighted by Gasteiger charge is 2.07. The monoisotopic (exact) mass is 376 g/mol. The normalized spacial score (nSPS) is 11.0. The summed E-state index contributed by atoms with van der Waals surface area (Å²) in [7, 11) is 3.98. The molecule has 0 saturated heterocycles. The topological polar surface area (TPSA) is 41.6 Å². The van der Waals surface area contributed by atoms with Crippen molar-refractivity contribution < 1.29 is 9.53 Å². The number of amides is 1. The number of hydrogen-bond acceptors (Lipinski definition) is 3. The van der Waals surface area contributed by atoms with Gasteiger partial charge < -0.3 is 15.0 Å². The van der Waals surface area contributed by atoms with Crippen molar-refractivity contribution >= 4 is 16.7 Å². The lowest BCUT2D eigenvalue weighted by Crippen LogP contribution is -2.31. The summed E-state index contributed by atoms with van der Waals surface area (Å²) < 4.78 is 5.91. The average molecular weight is 377 g/mol. The maximum atomic E-state index is 12.3. The molecule has 3 aromatic rings. The van der Waals surface area contributed by atoms with E-state index in [9.17, 15) is 4.79 Å². The van der Waals surface area contributed by atoms with Crippen molar-refractivity contribution in [3.05, 3.63) is 77.9 Å². The smallest absolute Gasteiger partial charge is 0.251 e. The van der Waals surface area contributed by atoms with Crippen LogP contribution in [0.4, 0.5) is 0 Å². The van der Waals surface area contributed by atoms with E-state index in [4.69, 9.17) is 4.74 Å². The van der Waals surface area contributed by atoms with Gasteiger partial charge in [0.05, 0.1) is 6.61 Å². The van der Waals surface area contributed by atoms with Crippen molar-refractivity contribution in [1.82, 2.24) is 10.2 Å². The van der Waals surface area contributed by atoms with E-state index in [2.05, 4.69) is 29.6 Å². The number of ether oxygens (including phenoxy) is 1. The molecule has 0 bridgehead atoms. The summed E-state index contributed by atoms with van der Waals surface area (Å²) in [5.74, 6) is 0.828. The fraction of sp³-hybridized carbons (Fsp3) is 0.292. The minimum atomic E-state index is -0.0370. The van der Waals surface area contributed by atoms with Crippen LogP contribution in [0, 0.1) is 0 Å². The first-order valence-corrected chi connectivity index (χ1v) is 9.75. The molecule has 0 aliphatic rings. The van der Waals surface area contributed by atoms with Gasteiger partial charge in [-0.25, -0.2) is 0 Å². The maximum Gasteiger partial charge on any atom is 0.251 e. The number of carbonyl (C=O) groups excluding carboxylic acids is 1. The lowest BCUT2D eigenvalue weighted by Gasteiger charge is -2.11. The first kappa shape index (κ1) is 19.9. The molecule has 146 valence electrons. The van der Waals surface area contributed by atoms with Crippen molar-refractivity contribution in [2.45, 2.75) is 12.8 Å². The van der Waals surface area contributed by atoms with Gasteiger partial charge in [0.2, 0.25) is 0 Å². The van der Waals surface area contributed by atoms with Gasteiger partial charge in [-0.15, -0.1) is 0 Å². The van der Waals surface area contributed by atoms with Gasteiger partial charge in [-0.1, -0.05) is 42.5 Å². The number of benzene rings is 3. The van der Waals surface area contributed by atoms with E-state index in [-0.39, 0.29) is 5.91 Å². The number of nitrogens with one attached hydrogen (secondary N) is 1. The molecule has 4 nitrogen and oxygen atoms in total. The number of hydrogen-bond donors (Lipinski definition) is 1. The van der Waals surface area contributed by atoms with Crippen LogP contribution < -0.4 is 10.1 Å². The van der Waals surface area contributed by atoms with Crippen molar-refractivity contribution in [3.63, 3.8) is 0 Å². The van der Waals surface area contributed by atoms with Gasteiger partial charge in [-0.3, -0.25) is 4.79 Å². The van der Waals surface area contributed by atoms with E-state index in [0.717, 1.165) is 35.9 Å². The third-order valence-corrected chi connectivity index (χ3v) is 4.64. The van der Waals surface area contributed by atoms with Crippen LogP contribution in [0.2, 0.25) is 0 Å². The van der Waals surface area contributed by atoms with Crippen LogP contribution in [0.3, 0.4) is 0 Å². The molecule has 4 heteroatoms. The Labute approximate surface area is 167 Å². The van der Waals surface area contributed by atoms with E-state index in [1.807, 2.05) is 61.5 Å². The maximum absolute atomic E-state index is 12.3. The molecule has 0 saturated carbocycles. The van der Waals surface area contributed by atoms with E-state index >= 15 is 0 Å². The average Bonchev–Trinajstić information content (AvgIpc) is 2.71. The Hall–Kier alpha value is -2.85. The molecule has 0 unspecified atom stereocenters. The molecule has 0 atom stereocenters. The molecular weight excluding hydrogens is 348 g/mol. The largest absolute Gasteiger partial charge is 0.494 e. The molecular formula is C24H28N2O2. The van der Waals surface area contributed by atoms with E-state index in [1.165, 1.54) is 5.56 Å². The Bertz CT molecular complexity index is 907. The second-order valence-electron chi connectivity index (χ2n) is 7.22. The van der Waals surface area contributed by atoms with Gasteiger partial charge in [0.1, 0.15) is 5.75 Å². The first-order chi connectivity index (χ1) is 13.6. The second-order valence-corrected chi connectivity index (χ2v) is 7.22. The van der Waals surface area contributed by atoms with Gasteiger partial charge in [-0.05, 0) is 67.5 Å². The Morgan fingerprint density at radius 1 is 0.964 bits per heavy atom. The van der Waals surface area contributed by atoms with Crippen LogP contribution in [-0.2, 0) is 6.42 Å². The molecule has 0 fully saturated rings. The summed E-state index contributed by atoms with van der Waals surface area (Å²) in [5, 5.41) is 5.06. The van der Waals surface area contributed by atoms with Gasteiger partial charge >= 0.3 is 0 Å². The second kappa shape index (κ2) is 9.90. The summed E-state index contributed by atoms with van der Waals surface area (Å²) in [4.78, 5) is 14.3. The Morgan fingerprint density at radius 2 is 1.71 bits per heavy atom. The van der Waals surface area contributed by atoms with Gasteiger partial charge in [0, 0.05) is 18.7 Å². The predicted molar refractivity (Wildman–Crippen MR) is 115 cm³/mol. The summed E-state index contributed by atoms with van der Waals surface area (Å²) in [6, 6.07) is 22.2. The van der Waals surface area contributed by atoms with E-state index in [1.54, 1.807) is 0 Å². The summed E-state index contributed by atoms with van der Waals surface area (Å²) in [6.45, 7) is 2.15. The molecule has 0 radical (unpaired) electrons. The van der Waals surface area contributed by atoms with E-state index < -0.39 is 0 Å². The summed E-state index contributed by atoms with van der Waals surface area (Å²) in [6.07, 6.45) is 1.99. The highest BCUT2D eigenvalue weighted by molar-refractivity contribution is 5.98. The van der Waals surface area contributed by atoms with Crippen molar-refractivity contribution in [2.75, 3.05) is 33.8 Å². The number of carbonyl (C=O) groups is 1. The molecule has 0 aromatic heterocycles. The Morgan fingerprint density at radius 3 is 2.50 bits per heavy atom. The summed E-state index contributed by atoms with van der Waals surface area (Å²) >= 11 is 0. The number of aryl methyl sites for hydroxylation is 1. The lowest BCUT2D eigenvalue weighted by molar-refractivity contribution is 0.0951. The third-order valence-electron chi connectivity index (χ3n) is 4.64. The number of rotatable bonds is 9. The van der Waals surface area contributed by atoms with Gasteiger partial charge in [-0.2, -0.15) is 0 Å². The molecule has 3 rings (SSSR count). The van der Waals surface area contributed by atoms with Crippen molar-refractivity contribution in [2.24, 2.45) is 0 Å². The highest BCUT2D eigenvalue weighted by Crippen LogP contribution is 2.22. The number of nitrogens with zero attached hydrogens (tertiary/aromatic N) is 1. The molecule has 1 N–H and O–H groups in total. The molecule has 28 heavy (non-hydrogen) atoms. The molecule has 0 aliphatic carbocycles. The Balaban J connectivity index is 1.54. The zero-order valence-corrected chi connectivity index (χ0v) is 16.7. The molecule has 0 heterocycles. The molecule has 1 amide bonds. The summed E-state index contributed by atoms with van der Waals surface area (Å²) in [5.41, 5.74) is 2.02. The third kappa shape index (κ3) is 5.83. The SMILES string of the molecule is CN(C)CCNC(=O)c1ccc2cc(OCCCc3ccccc3)ccc2c1. The van der Waals surface area contributed by atoms with Gasteiger partial charge in [0.25, 0.3) is 5.91 Å².